The molecule has 1 unspecified atom stereocenters. The number of nitrogens with two attached hydrogens (primary N) is 1. The highest BCUT2D eigenvalue weighted by molar-refractivity contribution is 5.85. The van der Waals surface area contributed by atoms with Gasteiger partial charge in [0.2, 0.25) is 5.91 Å². The number of amides is 1. The molecule has 0 spiro atoms. The van der Waals surface area contributed by atoms with Crippen molar-refractivity contribution < 1.29 is 18.0 Å². The summed E-state index contributed by atoms with van der Waals surface area (Å²) in [6.45, 7) is 1.53. The summed E-state index contributed by atoms with van der Waals surface area (Å²) in [4.78, 5) is 11.1. The number of nitrogens with one attached hydrogen (secondary N) is 1. The van der Waals surface area contributed by atoms with Crippen molar-refractivity contribution in [3.8, 4) is 0 Å². The SMILES string of the molecule is CC(N)C(=O)NCc1cccc(C(F)(F)F)c1.Cl. The minimum Gasteiger partial charge on any atom is -0.351 e. The van der Waals surface area contributed by atoms with Gasteiger partial charge in [-0.05, 0) is 24.6 Å². The standard InChI is InChI=1S/C11H13F3N2O.ClH/c1-7(15)10(17)16-6-8-3-2-4-9(5-8)11(12,13)14;/h2-5,7H,6,15H2,1H3,(H,16,17);1H. The van der Waals surface area contributed by atoms with Crippen molar-refractivity contribution in [1.29, 1.82) is 0 Å². The van der Waals surface area contributed by atoms with E-state index in [-0.39, 0.29) is 19.0 Å². The van der Waals surface area contributed by atoms with Gasteiger partial charge in [-0.1, -0.05) is 12.1 Å². The maximum Gasteiger partial charge on any atom is 0.416 e. The summed E-state index contributed by atoms with van der Waals surface area (Å²) in [7, 11) is 0. The number of benzene rings is 1. The third kappa shape index (κ3) is 4.93. The molecule has 1 atom stereocenters. The monoisotopic (exact) mass is 282 g/mol. The Morgan fingerprint density at radius 2 is 2.06 bits per heavy atom. The predicted molar refractivity (Wildman–Crippen MR) is 64.2 cm³/mol. The van der Waals surface area contributed by atoms with Crippen LogP contribution in [0, 0.1) is 0 Å². The van der Waals surface area contributed by atoms with E-state index < -0.39 is 23.7 Å². The Labute approximate surface area is 109 Å². The Morgan fingerprint density at radius 3 is 2.56 bits per heavy atom. The van der Waals surface area contributed by atoms with Crippen molar-refractivity contribution >= 4 is 18.3 Å². The van der Waals surface area contributed by atoms with E-state index in [2.05, 4.69) is 5.32 Å². The van der Waals surface area contributed by atoms with Crippen LogP contribution in [-0.2, 0) is 17.5 Å². The summed E-state index contributed by atoms with van der Waals surface area (Å²) in [5.74, 6) is -0.401. The van der Waals surface area contributed by atoms with E-state index in [9.17, 15) is 18.0 Å². The largest absolute Gasteiger partial charge is 0.416 e. The highest BCUT2D eigenvalue weighted by Gasteiger charge is 2.30. The lowest BCUT2D eigenvalue weighted by molar-refractivity contribution is -0.137. The van der Waals surface area contributed by atoms with Crippen LogP contribution in [-0.4, -0.2) is 11.9 Å². The van der Waals surface area contributed by atoms with Crippen LogP contribution in [0.4, 0.5) is 13.2 Å². The summed E-state index contributed by atoms with van der Waals surface area (Å²) < 4.78 is 37.2. The van der Waals surface area contributed by atoms with E-state index in [0.29, 0.717) is 5.56 Å². The number of hydrogen-bond donors (Lipinski definition) is 2. The molecular formula is C11H14ClF3N2O. The number of halogens is 4. The first-order valence-electron chi connectivity index (χ1n) is 5.00. The summed E-state index contributed by atoms with van der Waals surface area (Å²) in [6.07, 6.45) is -4.37. The molecule has 0 bridgehead atoms. The molecular weight excluding hydrogens is 269 g/mol. The third-order valence-corrected chi connectivity index (χ3v) is 2.13. The average Bonchev–Trinajstić information content (AvgIpc) is 2.25. The van der Waals surface area contributed by atoms with Gasteiger partial charge in [0.25, 0.3) is 0 Å². The number of carbonyl (C=O) groups excluding carboxylic acids is 1. The highest BCUT2D eigenvalue weighted by Crippen LogP contribution is 2.29. The molecule has 0 aliphatic carbocycles. The number of hydrogen-bond acceptors (Lipinski definition) is 2. The van der Waals surface area contributed by atoms with Gasteiger partial charge < -0.3 is 11.1 Å². The molecule has 0 radical (unpaired) electrons. The second kappa shape index (κ2) is 6.61. The lowest BCUT2D eigenvalue weighted by Crippen LogP contribution is -2.37. The molecule has 0 saturated carbocycles. The van der Waals surface area contributed by atoms with Crippen LogP contribution in [0.2, 0.25) is 0 Å². The van der Waals surface area contributed by atoms with E-state index >= 15 is 0 Å². The fraction of sp³-hybridized carbons (Fsp3) is 0.364. The van der Waals surface area contributed by atoms with Crippen LogP contribution in [0.5, 0.6) is 0 Å². The molecule has 0 aliphatic rings. The Bertz CT molecular complexity index is 408. The zero-order valence-corrected chi connectivity index (χ0v) is 10.4. The minimum atomic E-state index is -4.37. The van der Waals surface area contributed by atoms with Crippen molar-refractivity contribution in [2.24, 2.45) is 5.73 Å². The van der Waals surface area contributed by atoms with Crippen LogP contribution in [0.3, 0.4) is 0 Å². The molecule has 18 heavy (non-hydrogen) atoms. The van der Waals surface area contributed by atoms with E-state index in [0.717, 1.165) is 12.1 Å². The van der Waals surface area contributed by atoms with Crippen LogP contribution >= 0.6 is 12.4 Å². The van der Waals surface area contributed by atoms with Gasteiger partial charge in [-0.3, -0.25) is 4.79 Å². The topological polar surface area (TPSA) is 55.1 Å². The third-order valence-electron chi connectivity index (χ3n) is 2.13. The smallest absolute Gasteiger partial charge is 0.351 e. The number of carbonyl (C=O) groups is 1. The first-order valence-corrected chi connectivity index (χ1v) is 5.00. The maximum absolute atomic E-state index is 12.4. The summed E-state index contributed by atoms with van der Waals surface area (Å²) >= 11 is 0. The predicted octanol–water partition coefficient (Wildman–Crippen LogP) is 2.09. The zero-order chi connectivity index (χ0) is 13.1. The Balaban J connectivity index is 0.00000289. The van der Waals surface area contributed by atoms with E-state index in [4.69, 9.17) is 5.73 Å². The van der Waals surface area contributed by atoms with Gasteiger partial charge >= 0.3 is 6.18 Å². The molecule has 102 valence electrons. The van der Waals surface area contributed by atoms with Crippen LogP contribution in [0.1, 0.15) is 18.1 Å². The van der Waals surface area contributed by atoms with Crippen molar-refractivity contribution in [1.82, 2.24) is 5.32 Å². The van der Waals surface area contributed by atoms with Gasteiger partial charge in [0, 0.05) is 6.54 Å². The molecule has 0 heterocycles. The quantitative estimate of drug-likeness (QED) is 0.892. The van der Waals surface area contributed by atoms with Gasteiger partial charge in [-0.15, -0.1) is 12.4 Å². The molecule has 3 N–H and O–H groups in total. The zero-order valence-electron chi connectivity index (χ0n) is 9.62. The molecule has 1 aromatic carbocycles. The molecule has 1 amide bonds. The number of rotatable bonds is 3. The highest BCUT2D eigenvalue weighted by atomic mass is 35.5. The van der Waals surface area contributed by atoms with E-state index in [1.807, 2.05) is 0 Å². The average molecular weight is 283 g/mol. The van der Waals surface area contributed by atoms with E-state index in [1.165, 1.54) is 19.1 Å². The van der Waals surface area contributed by atoms with Gasteiger partial charge in [0.05, 0.1) is 11.6 Å². The Morgan fingerprint density at radius 1 is 1.44 bits per heavy atom. The molecule has 0 saturated heterocycles. The summed E-state index contributed by atoms with van der Waals surface area (Å²) in [6, 6.07) is 4.12. The van der Waals surface area contributed by atoms with Gasteiger partial charge in [-0.2, -0.15) is 13.2 Å². The van der Waals surface area contributed by atoms with Crippen molar-refractivity contribution in [2.75, 3.05) is 0 Å². The molecule has 7 heteroatoms. The van der Waals surface area contributed by atoms with Gasteiger partial charge in [0.1, 0.15) is 0 Å². The lowest BCUT2D eigenvalue weighted by atomic mass is 10.1. The second-order valence-corrected chi connectivity index (χ2v) is 3.70. The Kier molecular flexibility index (Phi) is 6.14. The van der Waals surface area contributed by atoms with Crippen LogP contribution < -0.4 is 11.1 Å². The second-order valence-electron chi connectivity index (χ2n) is 3.70. The molecule has 0 aromatic heterocycles. The van der Waals surface area contributed by atoms with Crippen molar-refractivity contribution in [3.05, 3.63) is 35.4 Å². The lowest BCUT2D eigenvalue weighted by Gasteiger charge is -2.10. The fourth-order valence-corrected chi connectivity index (χ4v) is 1.21. The molecule has 0 fully saturated rings. The Hall–Kier alpha value is -1.27. The molecule has 1 aromatic rings. The van der Waals surface area contributed by atoms with Crippen molar-refractivity contribution in [2.45, 2.75) is 25.7 Å². The molecule has 0 aliphatic heterocycles. The summed E-state index contributed by atoms with van der Waals surface area (Å²) in [5.41, 5.74) is 4.96. The first kappa shape index (κ1) is 16.7. The summed E-state index contributed by atoms with van der Waals surface area (Å²) in [5, 5.41) is 2.45. The normalized spacial score (nSPS) is 12.5. The van der Waals surface area contributed by atoms with E-state index in [1.54, 1.807) is 0 Å². The van der Waals surface area contributed by atoms with Gasteiger partial charge in [-0.25, -0.2) is 0 Å². The maximum atomic E-state index is 12.4. The minimum absolute atomic E-state index is 0. The van der Waals surface area contributed by atoms with Gasteiger partial charge in [0.15, 0.2) is 0 Å². The van der Waals surface area contributed by atoms with Crippen LogP contribution in [0.25, 0.3) is 0 Å². The molecule has 1 rings (SSSR count). The van der Waals surface area contributed by atoms with Crippen LogP contribution in [0.15, 0.2) is 24.3 Å². The van der Waals surface area contributed by atoms with Crippen molar-refractivity contribution in [3.63, 3.8) is 0 Å². The first-order chi connectivity index (χ1) is 7.80. The fourth-order valence-electron chi connectivity index (χ4n) is 1.21. The molecule has 3 nitrogen and oxygen atoms in total. The number of alkyl halides is 3.